The first-order valence-corrected chi connectivity index (χ1v) is 9.60. The summed E-state index contributed by atoms with van der Waals surface area (Å²) in [5, 5.41) is 2.34. The fraction of sp³-hybridized carbons (Fsp3) is 0.0909. The third-order valence-electron chi connectivity index (χ3n) is 4.11. The van der Waals surface area contributed by atoms with Crippen molar-refractivity contribution in [1.82, 2.24) is 0 Å². The zero-order valence-corrected chi connectivity index (χ0v) is 15.8. The molecule has 0 amide bonds. The van der Waals surface area contributed by atoms with E-state index in [1.807, 2.05) is 30.3 Å². The number of thiophene rings is 1. The zero-order chi connectivity index (χ0) is 19.5. The van der Waals surface area contributed by atoms with Gasteiger partial charge in [0.25, 0.3) is 0 Å². The van der Waals surface area contributed by atoms with Crippen LogP contribution in [0.2, 0.25) is 0 Å². The number of fused-ring (bicyclic) bond motifs is 1. The molecule has 4 aromatic rings. The summed E-state index contributed by atoms with van der Waals surface area (Å²) in [4.78, 5) is 25.4. The van der Waals surface area contributed by atoms with Crippen molar-refractivity contribution in [2.24, 2.45) is 0 Å². The Labute approximate surface area is 165 Å². The van der Waals surface area contributed by atoms with Gasteiger partial charge in [0, 0.05) is 10.9 Å². The molecule has 2 aromatic carbocycles. The third kappa shape index (κ3) is 3.42. The van der Waals surface area contributed by atoms with E-state index in [1.165, 1.54) is 11.3 Å². The van der Waals surface area contributed by atoms with Crippen molar-refractivity contribution in [3.8, 4) is 17.1 Å². The molecule has 0 unspecified atom stereocenters. The molecule has 0 aliphatic carbocycles. The largest absolute Gasteiger partial charge is 0.462 e. The SMILES string of the molecule is CCOC(=O)c1c(-c2ccccc2)oc2ccc(OC(=O)c3cccs3)cc12. The molecular formula is C22H16O5S. The summed E-state index contributed by atoms with van der Waals surface area (Å²) in [6, 6.07) is 17.8. The number of carbonyl (C=O) groups is 2. The molecule has 2 aromatic heterocycles. The average Bonchev–Trinajstić information content (AvgIpc) is 3.37. The van der Waals surface area contributed by atoms with E-state index in [9.17, 15) is 9.59 Å². The molecule has 0 saturated heterocycles. The van der Waals surface area contributed by atoms with E-state index >= 15 is 0 Å². The standard InChI is InChI=1S/C22H16O5S/c1-2-25-22(24)19-16-13-15(26-21(23)18-9-6-12-28-18)10-11-17(16)27-20(19)14-7-4-3-5-8-14/h3-13H,2H2,1H3. The van der Waals surface area contributed by atoms with Gasteiger partial charge >= 0.3 is 11.9 Å². The van der Waals surface area contributed by atoms with Crippen LogP contribution in [-0.4, -0.2) is 18.5 Å². The Morgan fingerprint density at radius 3 is 2.54 bits per heavy atom. The molecule has 140 valence electrons. The molecule has 0 aliphatic heterocycles. The van der Waals surface area contributed by atoms with Crippen molar-refractivity contribution in [3.63, 3.8) is 0 Å². The van der Waals surface area contributed by atoms with Crippen LogP contribution in [0, 0.1) is 0 Å². The van der Waals surface area contributed by atoms with Crippen LogP contribution >= 0.6 is 11.3 Å². The predicted octanol–water partition coefficient (Wildman–Crippen LogP) is 5.56. The lowest BCUT2D eigenvalue weighted by Crippen LogP contribution is -2.07. The van der Waals surface area contributed by atoms with Crippen LogP contribution in [0.4, 0.5) is 0 Å². The summed E-state index contributed by atoms with van der Waals surface area (Å²) in [5.41, 5.74) is 1.59. The molecule has 0 radical (unpaired) electrons. The van der Waals surface area contributed by atoms with Gasteiger partial charge < -0.3 is 13.9 Å². The van der Waals surface area contributed by atoms with Crippen molar-refractivity contribution in [1.29, 1.82) is 0 Å². The first-order valence-electron chi connectivity index (χ1n) is 8.72. The van der Waals surface area contributed by atoms with Gasteiger partial charge in [-0.3, -0.25) is 0 Å². The van der Waals surface area contributed by atoms with E-state index in [0.29, 0.717) is 32.9 Å². The summed E-state index contributed by atoms with van der Waals surface area (Å²) in [6.45, 7) is 1.99. The Kier molecular flexibility index (Phi) is 4.95. The lowest BCUT2D eigenvalue weighted by atomic mass is 10.1. The number of rotatable bonds is 5. The Bertz CT molecular complexity index is 1130. The Balaban J connectivity index is 1.80. The molecule has 0 aliphatic rings. The number of hydrogen-bond donors (Lipinski definition) is 0. The molecule has 0 saturated carbocycles. The van der Waals surface area contributed by atoms with Crippen LogP contribution in [0.1, 0.15) is 27.0 Å². The second kappa shape index (κ2) is 7.70. The van der Waals surface area contributed by atoms with Gasteiger partial charge in [-0.15, -0.1) is 11.3 Å². The van der Waals surface area contributed by atoms with Crippen molar-refractivity contribution in [3.05, 3.63) is 76.5 Å². The summed E-state index contributed by atoms with van der Waals surface area (Å²) < 4.78 is 16.6. The van der Waals surface area contributed by atoms with E-state index in [4.69, 9.17) is 13.9 Å². The molecule has 0 atom stereocenters. The Morgan fingerprint density at radius 1 is 1.00 bits per heavy atom. The van der Waals surface area contributed by atoms with E-state index in [0.717, 1.165) is 5.56 Å². The molecule has 0 N–H and O–H groups in total. The molecule has 0 fully saturated rings. The molecule has 0 spiro atoms. The van der Waals surface area contributed by atoms with E-state index < -0.39 is 11.9 Å². The van der Waals surface area contributed by atoms with Crippen LogP contribution in [-0.2, 0) is 4.74 Å². The number of carbonyl (C=O) groups excluding carboxylic acids is 2. The van der Waals surface area contributed by atoms with Crippen LogP contribution in [0.25, 0.3) is 22.3 Å². The minimum absolute atomic E-state index is 0.243. The summed E-state index contributed by atoms with van der Waals surface area (Å²) in [5.74, 6) is -0.173. The summed E-state index contributed by atoms with van der Waals surface area (Å²) in [6.07, 6.45) is 0. The highest BCUT2D eigenvalue weighted by Crippen LogP contribution is 2.36. The van der Waals surface area contributed by atoms with Gasteiger partial charge in [0.1, 0.15) is 27.5 Å². The van der Waals surface area contributed by atoms with Crippen LogP contribution < -0.4 is 4.74 Å². The van der Waals surface area contributed by atoms with Crippen molar-refractivity contribution in [2.45, 2.75) is 6.92 Å². The van der Waals surface area contributed by atoms with Crippen LogP contribution in [0.5, 0.6) is 5.75 Å². The van der Waals surface area contributed by atoms with Crippen LogP contribution in [0.15, 0.2) is 70.5 Å². The maximum Gasteiger partial charge on any atom is 0.353 e. The molecule has 28 heavy (non-hydrogen) atoms. The highest BCUT2D eigenvalue weighted by molar-refractivity contribution is 7.12. The first-order chi connectivity index (χ1) is 13.7. The highest BCUT2D eigenvalue weighted by Gasteiger charge is 2.24. The molecule has 0 bridgehead atoms. The second-order valence-corrected chi connectivity index (χ2v) is 6.87. The smallest absolute Gasteiger partial charge is 0.353 e. The minimum Gasteiger partial charge on any atom is -0.462 e. The minimum atomic E-state index is -0.484. The topological polar surface area (TPSA) is 65.7 Å². The predicted molar refractivity (Wildman–Crippen MR) is 107 cm³/mol. The van der Waals surface area contributed by atoms with Gasteiger partial charge in [-0.25, -0.2) is 9.59 Å². The molecular weight excluding hydrogens is 376 g/mol. The van der Waals surface area contributed by atoms with E-state index in [-0.39, 0.29) is 6.61 Å². The number of ether oxygens (including phenoxy) is 2. The second-order valence-electron chi connectivity index (χ2n) is 5.92. The number of hydrogen-bond acceptors (Lipinski definition) is 6. The number of furan rings is 1. The fourth-order valence-corrected chi connectivity index (χ4v) is 3.49. The van der Waals surface area contributed by atoms with Crippen LogP contribution in [0.3, 0.4) is 0 Å². The summed E-state index contributed by atoms with van der Waals surface area (Å²) >= 11 is 1.30. The quantitative estimate of drug-likeness (QED) is 0.329. The van der Waals surface area contributed by atoms with Gasteiger partial charge in [-0.1, -0.05) is 36.4 Å². The average molecular weight is 392 g/mol. The molecule has 6 heteroatoms. The van der Waals surface area contributed by atoms with E-state index in [1.54, 1.807) is 42.6 Å². The van der Waals surface area contributed by atoms with E-state index in [2.05, 4.69) is 0 Å². The molecule has 4 rings (SSSR count). The fourth-order valence-electron chi connectivity index (χ4n) is 2.89. The first kappa shape index (κ1) is 18.0. The third-order valence-corrected chi connectivity index (χ3v) is 4.96. The lowest BCUT2D eigenvalue weighted by molar-refractivity contribution is 0.0528. The Hall–Kier alpha value is -3.38. The van der Waals surface area contributed by atoms with Gasteiger partial charge in [0.05, 0.1) is 6.61 Å². The molecule has 5 nitrogen and oxygen atoms in total. The maximum atomic E-state index is 12.6. The van der Waals surface area contributed by atoms with Crippen molar-refractivity contribution >= 4 is 34.2 Å². The van der Waals surface area contributed by atoms with Gasteiger partial charge in [-0.05, 0) is 36.6 Å². The zero-order valence-electron chi connectivity index (χ0n) is 15.0. The van der Waals surface area contributed by atoms with Gasteiger partial charge in [-0.2, -0.15) is 0 Å². The maximum absolute atomic E-state index is 12.6. The van der Waals surface area contributed by atoms with Crippen molar-refractivity contribution in [2.75, 3.05) is 6.61 Å². The monoisotopic (exact) mass is 392 g/mol. The van der Waals surface area contributed by atoms with Gasteiger partial charge in [0.15, 0.2) is 0 Å². The van der Waals surface area contributed by atoms with Gasteiger partial charge in [0.2, 0.25) is 0 Å². The Morgan fingerprint density at radius 2 is 1.82 bits per heavy atom. The number of benzene rings is 2. The molecule has 2 heterocycles. The van der Waals surface area contributed by atoms with Crippen molar-refractivity contribution < 1.29 is 23.5 Å². The lowest BCUT2D eigenvalue weighted by Gasteiger charge is -2.04. The normalized spacial score (nSPS) is 10.8. The number of esters is 2. The summed E-state index contributed by atoms with van der Waals surface area (Å²) in [7, 11) is 0. The highest BCUT2D eigenvalue weighted by atomic mass is 32.1.